The molecule has 1 rings (SSSR count). The highest BCUT2D eigenvalue weighted by molar-refractivity contribution is 5.76. The number of ether oxygens (including phenoxy) is 2. The van der Waals surface area contributed by atoms with E-state index in [0.29, 0.717) is 6.42 Å². The summed E-state index contributed by atoms with van der Waals surface area (Å²) < 4.78 is 11.2. The summed E-state index contributed by atoms with van der Waals surface area (Å²) in [6.07, 6.45) is 61.1. The van der Waals surface area contributed by atoms with Crippen molar-refractivity contribution in [2.45, 2.75) is 288 Å². The Labute approximate surface area is 423 Å². The zero-order chi connectivity index (χ0) is 50.1. The lowest BCUT2D eigenvalue weighted by atomic mass is 9.99. The van der Waals surface area contributed by atoms with Crippen molar-refractivity contribution >= 4 is 5.91 Å². The van der Waals surface area contributed by atoms with Gasteiger partial charge in [0.25, 0.3) is 0 Å². The first kappa shape index (κ1) is 64.6. The highest BCUT2D eigenvalue weighted by Crippen LogP contribution is 2.23. The van der Waals surface area contributed by atoms with Gasteiger partial charge in [0.05, 0.1) is 25.4 Å². The molecule has 0 saturated carbocycles. The van der Waals surface area contributed by atoms with Crippen molar-refractivity contribution in [2.75, 3.05) is 13.2 Å². The van der Waals surface area contributed by atoms with Gasteiger partial charge in [0.15, 0.2) is 6.29 Å². The Hall–Kier alpha value is -2.37. The minimum absolute atomic E-state index is 0.202. The third-order valence-corrected chi connectivity index (χ3v) is 13.3. The van der Waals surface area contributed by atoms with Crippen LogP contribution in [0.1, 0.15) is 245 Å². The van der Waals surface area contributed by atoms with E-state index in [-0.39, 0.29) is 12.5 Å². The smallest absolute Gasteiger partial charge is 0.220 e. The quantitative estimate of drug-likeness (QED) is 0.0261. The Morgan fingerprint density at radius 3 is 1.39 bits per heavy atom. The molecule has 7 unspecified atom stereocenters. The molecule has 1 saturated heterocycles. The van der Waals surface area contributed by atoms with Gasteiger partial charge in [-0.3, -0.25) is 4.79 Å². The van der Waals surface area contributed by atoms with Gasteiger partial charge in [-0.1, -0.05) is 241 Å². The summed E-state index contributed by atoms with van der Waals surface area (Å²) in [5, 5.41) is 54.5. The van der Waals surface area contributed by atoms with Crippen LogP contribution in [0, 0.1) is 0 Å². The van der Waals surface area contributed by atoms with Gasteiger partial charge in [-0.15, -0.1) is 0 Å². The lowest BCUT2D eigenvalue weighted by Crippen LogP contribution is -2.60. The van der Waals surface area contributed by atoms with Crippen LogP contribution in [0.4, 0.5) is 0 Å². The molecule has 0 aromatic carbocycles. The van der Waals surface area contributed by atoms with Gasteiger partial charge >= 0.3 is 0 Å². The number of rotatable bonds is 48. The number of unbranched alkanes of at least 4 members (excludes halogenated alkanes) is 28. The van der Waals surface area contributed by atoms with Crippen molar-refractivity contribution in [3.8, 4) is 0 Å². The molecule has 1 amide bonds. The summed E-state index contributed by atoms with van der Waals surface area (Å²) in [6, 6.07) is -0.834. The highest BCUT2D eigenvalue weighted by atomic mass is 16.7. The van der Waals surface area contributed by atoms with E-state index in [1.807, 2.05) is 6.08 Å². The lowest BCUT2D eigenvalue weighted by Gasteiger charge is -2.40. The van der Waals surface area contributed by atoms with Crippen LogP contribution in [0.2, 0.25) is 0 Å². The largest absolute Gasteiger partial charge is 0.394 e. The second-order valence-corrected chi connectivity index (χ2v) is 19.7. The summed E-state index contributed by atoms with van der Waals surface area (Å²) in [6.45, 7) is 3.65. The average Bonchev–Trinajstić information content (AvgIpc) is 3.35. The number of aliphatic hydroxyl groups excluding tert-OH is 5. The van der Waals surface area contributed by atoms with E-state index in [1.54, 1.807) is 6.08 Å². The molecule has 0 bridgehead atoms. The Balaban J connectivity index is 2.26. The van der Waals surface area contributed by atoms with Gasteiger partial charge in [0.2, 0.25) is 5.91 Å². The second-order valence-electron chi connectivity index (χ2n) is 19.7. The molecule has 0 aliphatic carbocycles. The van der Waals surface area contributed by atoms with E-state index in [1.165, 1.54) is 135 Å². The van der Waals surface area contributed by atoms with E-state index in [4.69, 9.17) is 9.47 Å². The van der Waals surface area contributed by atoms with Gasteiger partial charge in [-0.2, -0.15) is 0 Å². The zero-order valence-corrected chi connectivity index (χ0v) is 44.3. The van der Waals surface area contributed by atoms with Crippen LogP contribution < -0.4 is 5.32 Å². The minimum atomic E-state index is -1.58. The topological polar surface area (TPSA) is 149 Å². The first-order valence-corrected chi connectivity index (χ1v) is 28.7. The van der Waals surface area contributed by atoms with Crippen LogP contribution in [0.5, 0.6) is 0 Å². The maximum atomic E-state index is 13.0. The molecule has 7 atom stereocenters. The van der Waals surface area contributed by atoms with Crippen LogP contribution in [0.25, 0.3) is 0 Å². The monoisotopic (exact) mass is 970 g/mol. The maximum absolute atomic E-state index is 13.0. The first-order valence-electron chi connectivity index (χ1n) is 28.7. The molecule has 400 valence electrons. The first-order chi connectivity index (χ1) is 33.8. The summed E-state index contributed by atoms with van der Waals surface area (Å²) in [5.41, 5.74) is 0. The molecule has 1 heterocycles. The van der Waals surface area contributed by atoms with Crippen LogP contribution in [0.3, 0.4) is 0 Å². The van der Waals surface area contributed by atoms with Crippen LogP contribution >= 0.6 is 0 Å². The van der Waals surface area contributed by atoms with E-state index in [0.717, 1.165) is 89.9 Å². The summed E-state index contributed by atoms with van der Waals surface area (Å²) in [7, 11) is 0. The Morgan fingerprint density at radius 1 is 0.507 bits per heavy atom. The lowest BCUT2D eigenvalue weighted by molar-refractivity contribution is -0.302. The second kappa shape index (κ2) is 49.2. The molecular formula is C60H107NO8. The van der Waals surface area contributed by atoms with Crippen molar-refractivity contribution in [3.05, 3.63) is 72.9 Å². The van der Waals surface area contributed by atoms with Gasteiger partial charge < -0.3 is 40.3 Å². The number of allylic oxidation sites excluding steroid dienone is 11. The predicted octanol–water partition coefficient (Wildman–Crippen LogP) is 14.1. The predicted molar refractivity (Wildman–Crippen MR) is 290 cm³/mol. The standard InChI is InChI=1S/C60H107NO8/c1-3-5-7-9-11-13-15-17-19-21-23-24-25-26-27-28-29-30-32-33-35-37-39-41-43-45-47-49-54(63)53(52-68-60-59(67)58(66)57(65)55(51-62)69-60)61-56(64)50-48-46-44-42-40-38-36-34-31-22-20-18-16-14-12-10-8-6-4-2/h6,8,12,14,18,20,31,34,39,41,47,49,53-55,57-60,62-63,65-67H,3-5,7,9-11,13,15-17,19,21-30,32-33,35-38,40,42-46,48,50-52H2,1-2H3,(H,61,64)/b8-6-,14-12-,20-18-,34-31-,41-39+,49-47+. The fourth-order valence-corrected chi connectivity index (χ4v) is 8.75. The number of carbonyl (C=O) groups excluding carboxylic acids is 1. The van der Waals surface area contributed by atoms with Gasteiger partial charge in [-0.05, 0) is 70.6 Å². The molecule has 0 spiro atoms. The van der Waals surface area contributed by atoms with E-state index >= 15 is 0 Å². The fourth-order valence-electron chi connectivity index (χ4n) is 8.75. The van der Waals surface area contributed by atoms with Gasteiger partial charge in [-0.25, -0.2) is 0 Å². The Bertz CT molecular complexity index is 1310. The third kappa shape index (κ3) is 38.9. The average molecular weight is 971 g/mol. The number of aliphatic hydroxyl groups is 5. The van der Waals surface area contributed by atoms with E-state index in [9.17, 15) is 30.3 Å². The van der Waals surface area contributed by atoms with Crippen molar-refractivity contribution in [1.82, 2.24) is 5.32 Å². The number of nitrogens with one attached hydrogen (secondary N) is 1. The molecular weight excluding hydrogens is 863 g/mol. The Kier molecular flexibility index (Phi) is 46.1. The normalized spacial score (nSPS) is 20.0. The van der Waals surface area contributed by atoms with Crippen LogP contribution in [0.15, 0.2) is 72.9 Å². The van der Waals surface area contributed by atoms with Crippen molar-refractivity contribution in [1.29, 1.82) is 0 Å². The van der Waals surface area contributed by atoms with E-state index in [2.05, 4.69) is 79.9 Å². The molecule has 9 nitrogen and oxygen atoms in total. The molecule has 0 aromatic heterocycles. The summed E-state index contributed by atoms with van der Waals surface area (Å²) in [5.74, 6) is -0.202. The minimum Gasteiger partial charge on any atom is -0.394 e. The molecule has 9 heteroatoms. The van der Waals surface area contributed by atoms with Crippen molar-refractivity contribution in [3.63, 3.8) is 0 Å². The van der Waals surface area contributed by atoms with E-state index < -0.39 is 49.5 Å². The van der Waals surface area contributed by atoms with Gasteiger partial charge in [0.1, 0.15) is 24.4 Å². The molecule has 6 N–H and O–H groups in total. The summed E-state index contributed by atoms with van der Waals surface area (Å²) in [4.78, 5) is 13.0. The third-order valence-electron chi connectivity index (χ3n) is 13.3. The molecule has 1 aliphatic rings. The fraction of sp³-hybridized carbons (Fsp3) is 0.783. The number of hydrogen-bond donors (Lipinski definition) is 6. The molecule has 0 aromatic rings. The van der Waals surface area contributed by atoms with Crippen molar-refractivity contribution in [2.24, 2.45) is 0 Å². The van der Waals surface area contributed by atoms with Crippen LogP contribution in [-0.2, 0) is 14.3 Å². The molecule has 1 fully saturated rings. The van der Waals surface area contributed by atoms with Crippen LogP contribution in [-0.4, -0.2) is 87.5 Å². The Morgan fingerprint density at radius 2 is 0.913 bits per heavy atom. The number of carbonyl (C=O) groups is 1. The molecule has 1 aliphatic heterocycles. The zero-order valence-electron chi connectivity index (χ0n) is 44.3. The highest BCUT2D eigenvalue weighted by Gasteiger charge is 2.44. The molecule has 69 heavy (non-hydrogen) atoms. The molecule has 0 radical (unpaired) electrons. The number of hydrogen-bond acceptors (Lipinski definition) is 8. The van der Waals surface area contributed by atoms with Crippen molar-refractivity contribution < 1.29 is 39.8 Å². The number of amides is 1. The summed E-state index contributed by atoms with van der Waals surface area (Å²) >= 11 is 0. The van der Waals surface area contributed by atoms with Gasteiger partial charge in [0, 0.05) is 6.42 Å². The maximum Gasteiger partial charge on any atom is 0.220 e. The SMILES string of the molecule is CC/C=C\C/C=C\C/C=C\C/C=C\CCCCCCCCC(=O)NC(COC1OC(CO)C(O)C(O)C1O)C(O)/C=C/CC/C=C/CCCCCCCCCCCCCCCCCCCCCCC.